The molecule has 0 radical (unpaired) electrons. The standard InChI is InChI=1S/C21H28FN7O/c1-13(2)27-21(30)29-9-4-3-6-14(29)10-24-20-17(22)12-26-19(28-20)16-11-25-18-15(16)7-5-8-23-18/h7,11-14H,3-6,8-10H2,1-2H3,(H,23,25)(H,27,30)(H,24,26,28)/t14-/m1/s1. The van der Waals surface area contributed by atoms with Crippen LogP contribution in [0.2, 0.25) is 0 Å². The first-order valence-electron chi connectivity index (χ1n) is 10.6. The number of carbonyl (C=O) groups excluding carboxylic acids is 1. The highest BCUT2D eigenvalue weighted by Gasteiger charge is 2.27. The number of carbonyl (C=O) groups is 1. The van der Waals surface area contributed by atoms with E-state index in [4.69, 9.17) is 0 Å². The molecule has 9 heteroatoms. The van der Waals surface area contributed by atoms with Gasteiger partial charge in [0, 0.05) is 42.7 Å². The lowest BCUT2D eigenvalue weighted by molar-refractivity contribution is 0.153. The molecule has 8 nitrogen and oxygen atoms in total. The topological polar surface area (TPSA) is 98.3 Å². The highest BCUT2D eigenvalue weighted by Crippen LogP contribution is 2.20. The van der Waals surface area contributed by atoms with E-state index in [-0.39, 0.29) is 23.9 Å². The smallest absolute Gasteiger partial charge is 0.317 e. The lowest BCUT2D eigenvalue weighted by Gasteiger charge is -2.36. The normalized spacial score (nSPS) is 18.4. The molecular weight excluding hydrogens is 385 g/mol. The second kappa shape index (κ2) is 8.81. The molecule has 0 saturated carbocycles. The van der Waals surface area contributed by atoms with Crippen molar-refractivity contribution in [2.24, 2.45) is 4.99 Å². The summed E-state index contributed by atoms with van der Waals surface area (Å²) in [5, 5.41) is 7.02. The number of nitrogens with zero attached hydrogens (tertiary/aromatic N) is 4. The highest BCUT2D eigenvalue weighted by atomic mass is 19.1. The van der Waals surface area contributed by atoms with Gasteiger partial charge in [0.15, 0.2) is 17.5 Å². The van der Waals surface area contributed by atoms with Crippen molar-refractivity contribution >= 4 is 17.9 Å². The van der Waals surface area contributed by atoms with Crippen LogP contribution in [0.1, 0.15) is 39.5 Å². The Balaban J connectivity index is 1.52. The SMILES string of the molecule is CC(C)NC(=O)N1CCCC[C@@H]1CNc1nc(-c2c[nH]c3c2=CCCN=3)ncc1F. The molecule has 1 fully saturated rings. The summed E-state index contributed by atoms with van der Waals surface area (Å²) in [7, 11) is 0. The Labute approximate surface area is 174 Å². The number of piperidine rings is 1. The van der Waals surface area contributed by atoms with E-state index < -0.39 is 5.82 Å². The molecule has 3 N–H and O–H groups in total. The Hall–Kier alpha value is -2.97. The van der Waals surface area contributed by atoms with Crippen LogP contribution in [0.25, 0.3) is 17.5 Å². The molecule has 0 unspecified atom stereocenters. The molecule has 2 aromatic heterocycles. The molecule has 1 saturated heterocycles. The van der Waals surface area contributed by atoms with Crippen LogP contribution in [0.5, 0.6) is 0 Å². The number of anilines is 1. The van der Waals surface area contributed by atoms with Crippen LogP contribution < -0.4 is 21.3 Å². The van der Waals surface area contributed by atoms with E-state index in [1.165, 1.54) is 6.20 Å². The Morgan fingerprint density at radius 1 is 1.40 bits per heavy atom. The van der Waals surface area contributed by atoms with Crippen LogP contribution in [0.15, 0.2) is 17.4 Å². The third-order valence-corrected chi connectivity index (χ3v) is 5.44. The summed E-state index contributed by atoms with van der Waals surface area (Å²) in [5.41, 5.74) is 1.62. The van der Waals surface area contributed by atoms with Gasteiger partial charge < -0.3 is 20.5 Å². The van der Waals surface area contributed by atoms with Crippen molar-refractivity contribution in [1.82, 2.24) is 25.2 Å². The largest absolute Gasteiger partial charge is 0.365 e. The van der Waals surface area contributed by atoms with E-state index in [9.17, 15) is 9.18 Å². The second-order valence-electron chi connectivity index (χ2n) is 8.06. The van der Waals surface area contributed by atoms with E-state index >= 15 is 0 Å². The maximum atomic E-state index is 14.4. The minimum atomic E-state index is -0.509. The average Bonchev–Trinajstić information content (AvgIpc) is 3.17. The minimum Gasteiger partial charge on any atom is -0.365 e. The Morgan fingerprint density at radius 2 is 2.27 bits per heavy atom. The van der Waals surface area contributed by atoms with Gasteiger partial charge in [-0.05, 0) is 39.5 Å². The first-order chi connectivity index (χ1) is 14.5. The zero-order valence-electron chi connectivity index (χ0n) is 17.4. The number of aromatic amines is 1. The van der Waals surface area contributed by atoms with Crippen LogP contribution in [0, 0.1) is 5.82 Å². The summed E-state index contributed by atoms with van der Waals surface area (Å²) >= 11 is 0. The van der Waals surface area contributed by atoms with Crippen LogP contribution in [-0.4, -0.2) is 57.6 Å². The Bertz CT molecular complexity index is 1030. The first-order valence-corrected chi connectivity index (χ1v) is 10.6. The first kappa shape index (κ1) is 20.3. The summed E-state index contributed by atoms with van der Waals surface area (Å²) < 4.78 is 14.4. The molecule has 0 spiro atoms. The molecule has 30 heavy (non-hydrogen) atoms. The molecule has 0 aliphatic carbocycles. The quantitative estimate of drug-likeness (QED) is 0.696. The van der Waals surface area contributed by atoms with Crippen molar-refractivity contribution in [3.05, 3.63) is 28.9 Å². The Morgan fingerprint density at radius 3 is 3.10 bits per heavy atom. The third kappa shape index (κ3) is 4.29. The van der Waals surface area contributed by atoms with Gasteiger partial charge in [-0.1, -0.05) is 6.08 Å². The number of fused-ring (bicyclic) bond motifs is 1. The summed E-state index contributed by atoms with van der Waals surface area (Å²) in [5.74, 6) is 0.0890. The predicted octanol–water partition coefficient (Wildman–Crippen LogP) is 1.80. The van der Waals surface area contributed by atoms with Gasteiger partial charge in [-0.15, -0.1) is 0 Å². The van der Waals surface area contributed by atoms with Crippen molar-refractivity contribution in [3.8, 4) is 11.4 Å². The van der Waals surface area contributed by atoms with E-state index in [0.717, 1.165) is 48.5 Å². The summed E-state index contributed by atoms with van der Waals surface area (Å²) in [6.07, 6.45) is 8.86. The summed E-state index contributed by atoms with van der Waals surface area (Å²) in [6.45, 7) is 5.78. The average molecular weight is 414 g/mol. The molecule has 1 atom stereocenters. The van der Waals surface area contributed by atoms with Gasteiger partial charge in [-0.3, -0.25) is 4.99 Å². The van der Waals surface area contributed by atoms with Gasteiger partial charge in [0.2, 0.25) is 0 Å². The highest BCUT2D eigenvalue weighted by molar-refractivity contribution is 5.75. The van der Waals surface area contributed by atoms with Crippen LogP contribution in [-0.2, 0) is 0 Å². The van der Waals surface area contributed by atoms with Gasteiger partial charge in [0.25, 0.3) is 0 Å². The van der Waals surface area contributed by atoms with Gasteiger partial charge >= 0.3 is 6.03 Å². The minimum absolute atomic E-state index is 0.0116. The molecule has 4 rings (SSSR count). The fourth-order valence-electron chi connectivity index (χ4n) is 3.98. The number of nitrogens with one attached hydrogen (secondary N) is 3. The van der Waals surface area contributed by atoms with Crippen molar-refractivity contribution in [2.75, 3.05) is 25.0 Å². The number of hydrogen-bond donors (Lipinski definition) is 3. The van der Waals surface area contributed by atoms with Gasteiger partial charge in [-0.25, -0.2) is 19.2 Å². The number of urea groups is 1. The lowest BCUT2D eigenvalue weighted by Crippen LogP contribution is -2.52. The Kier molecular flexibility index (Phi) is 5.96. The number of likely N-dealkylation sites (tertiary alicyclic amines) is 1. The third-order valence-electron chi connectivity index (χ3n) is 5.44. The number of aromatic nitrogens is 3. The van der Waals surface area contributed by atoms with Gasteiger partial charge in [0.05, 0.1) is 12.2 Å². The number of H-pyrrole nitrogens is 1. The number of halogens is 1. The number of amides is 2. The second-order valence-corrected chi connectivity index (χ2v) is 8.06. The molecule has 2 aromatic rings. The number of rotatable bonds is 5. The zero-order valence-corrected chi connectivity index (χ0v) is 17.4. The van der Waals surface area contributed by atoms with Crippen molar-refractivity contribution in [2.45, 2.75) is 51.6 Å². The van der Waals surface area contributed by atoms with E-state index in [1.54, 1.807) is 0 Å². The lowest BCUT2D eigenvalue weighted by atomic mass is 10.0. The van der Waals surface area contributed by atoms with Gasteiger partial charge in [-0.2, -0.15) is 0 Å². The molecule has 0 aromatic carbocycles. The van der Waals surface area contributed by atoms with Crippen molar-refractivity contribution in [3.63, 3.8) is 0 Å². The monoisotopic (exact) mass is 413 g/mol. The maximum absolute atomic E-state index is 14.4. The molecule has 2 amide bonds. The number of hydrogen-bond acceptors (Lipinski definition) is 5. The van der Waals surface area contributed by atoms with E-state index in [1.807, 2.05) is 24.9 Å². The summed E-state index contributed by atoms with van der Waals surface area (Å²) in [6, 6.07) is -0.00762. The molecule has 4 heterocycles. The molecule has 0 bridgehead atoms. The molecular formula is C21H28FN7O. The van der Waals surface area contributed by atoms with Crippen LogP contribution >= 0.6 is 0 Å². The molecule has 160 valence electrons. The molecule has 2 aliphatic heterocycles. The maximum Gasteiger partial charge on any atom is 0.317 e. The van der Waals surface area contributed by atoms with Gasteiger partial charge in [0.1, 0.15) is 5.49 Å². The van der Waals surface area contributed by atoms with Crippen molar-refractivity contribution in [1.29, 1.82) is 0 Å². The van der Waals surface area contributed by atoms with Crippen molar-refractivity contribution < 1.29 is 9.18 Å². The van der Waals surface area contributed by atoms with Crippen LogP contribution in [0.4, 0.5) is 15.0 Å². The zero-order chi connectivity index (χ0) is 21.1. The fraction of sp³-hybridized carbons (Fsp3) is 0.524. The predicted molar refractivity (Wildman–Crippen MR) is 113 cm³/mol. The fourth-order valence-corrected chi connectivity index (χ4v) is 3.98. The summed E-state index contributed by atoms with van der Waals surface area (Å²) in [4.78, 5) is 30.5. The molecule has 2 aliphatic rings. The van der Waals surface area contributed by atoms with E-state index in [2.05, 4.69) is 36.7 Å². The van der Waals surface area contributed by atoms with Crippen LogP contribution in [0.3, 0.4) is 0 Å². The van der Waals surface area contributed by atoms with E-state index in [0.29, 0.717) is 18.9 Å².